The van der Waals surface area contributed by atoms with Crippen molar-refractivity contribution in [2.24, 2.45) is 0 Å². The van der Waals surface area contributed by atoms with Crippen molar-refractivity contribution in [1.29, 1.82) is 0 Å². The van der Waals surface area contributed by atoms with Crippen LogP contribution in [0.5, 0.6) is 0 Å². The summed E-state index contributed by atoms with van der Waals surface area (Å²) >= 11 is 0. The van der Waals surface area contributed by atoms with Crippen LogP contribution in [0.1, 0.15) is 194 Å². The van der Waals surface area contributed by atoms with Crippen LogP contribution < -0.4 is 0 Å². The van der Waals surface area contributed by atoms with Gasteiger partial charge in [-0.25, -0.2) is 0 Å². The van der Waals surface area contributed by atoms with Gasteiger partial charge in [-0.05, 0) is 70.6 Å². The van der Waals surface area contributed by atoms with E-state index < -0.39 is 71.2 Å². The molecule has 1 rings (SSSR count). The van der Waals surface area contributed by atoms with E-state index in [4.69, 9.17) is 18.9 Å². The van der Waals surface area contributed by atoms with Gasteiger partial charge in [0, 0.05) is 12.8 Å². The first-order valence-corrected chi connectivity index (χ1v) is 25.2. The average molecular weight is 873 g/mol. The zero-order valence-corrected chi connectivity index (χ0v) is 38.1. The molecule has 13 heteroatoms. The predicted molar refractivity (Wildman–Crippen MR) is 238 cm³/mol. The lowest BCUT2D eigenvalue weighted by atomic mass is 10.00. The molecule has 60 heavy (non-hydrogen) atoms. The quantitative estimate of drug-likeness (QED) is 0.0199. The third-order valence-corrected chi connectivity index (χ3v) is 11.4. The molecule has 0 aromatic carbocycles. The molecule has 12 nitrogen and oxygen atoms in total. The summed E-state index contributed by atoms with van der Waals surface area (Å²) in [5.41, 5.74) is 0. The summed E-state index contributed by atoms with van der Waals surface area (Å²) < 4.78 is 54.1. The zero-order valence-electron chi connectivity index (χ0n) is 37.3. The van der Waals surface area contributed by atoms with Gasteiger partial charge in [-0.3, -0.25) is 14.1 Å². The molecule has 0 aromatic heterocycles. The van der Waals surface area contributed by atoms with Crippen LogP contribution in [0.2, 0.25) is 0 Å². The van der Waals surface area contributed by atoms with Gasteiger partial charge in [0.25, 0.3) is 10.1 Å². The highest BCUT2D eigenvalue weighted by atomic mass is 32.2. The van der Waals surface area contributed by atoms with Crippen molar-refractivity contribution in [3.05, 3.63) is 36.5 Å². The maximum Gasteiger partial charge on any atom is 0.306 e. The number of allylic oxidation sites excluding steroid dienone is 6. The number of hydrogen-bond donors (Lipinski definition) is 4. The average Bonchev–Trinajstić information content (AvgIpc) is 3.21. The van der Waals surface area contributed by atoms with E-state index in [1.165, 1.54) is 109 Å². The van der Waals surface area contributed by atoms with Crippen LogP contribution in [-0.4, -0.2) is 96.0 Å². The van der Waals surface area contributed by atoms with E-state index in [0.29, 0.717) is 12.8 Å². The number of aliphatic hydroxyl groups is 3. The molecular formula is C47H84O12S. The van der Waals surface area contributed by atoms with Crippen LogP contribution >= 0.6 is 0 Å². The lowest BCUT2D eigenvalue weighted by molar-refractivity contribution is -0.297. The fraction of sp³-hybridized carbons (Fsp3) is 0.830. The van der Waals surface area contributed by atoms with E-state index in [1.54, 1.807) is 0 Å². The fourth-order valence-corrected chi connectivity index (χ4v) is 7.69. The Morgan fingerprint density at radius 1 is 0.567 bits per heavy atom. The summed E-state index contributed by atoms with van der Waals surface area (Å²) in [5.74, 6) is -2.02. The summed E-state index contributed by atoms with van der Waals surface area (Å²) in [6.07, 6.45) is 33.3. The van der Waals surface area contributed by atoms with E-state index >= 15 is 0 Å². The number of unbranched alkanes of at least 4 members (excludes halogenated alkanes) is 21. The second kappa shape index (κ2) is 37.4. The molecule has 350 valence electrons. The van der Waals surface area contributed by atoms with Crippen molar-refractivity contribution >= 4 is 22.1 Å². The Bertz CT molecular complexity index is 1250. The highest BCUT2D eigenvalue weighted by Crippen LogP contribution is 2.24. The Morgan fingerprint density at radius 2 is 1.00 bits per heavy atom. The Morgan fingerprint density at radius 3 is 1.53 bits per heavy atom. The number of ether oxygens (including phenoxy) is 4. The molecule has 1 aliphatic rings. The highest BCUT2D eigenvalue weighted by Gasteiger charge is 2.46. The molecule has 6 atom stereocenters. The van der Waals surface area contributed by atoms with Crippen molar-refractivity contribution in [3.63, 3.8) is 0 Å². The monoisotopic (exact) mass is 873 g/mol. The first-order valence-electron chi connectivity index (χ1n) is 23.5. The van der Waals surface area contributed by atoms with Crippen molar-refractivity contribution in [2.75, 3.05) is 19.0 Å². The van der Waals surface area contributed by atoms with Crippen LogP contribution in [-0.2, 0) is 38.7 Å². The van der Waals surface area contributed by atoms with Gasteiger partial charge in [0.15, 0.2) is 12.4 Å². The van der Waals surface area contributed by atoms with Crippen LogP contribution in [0.25, 0.3) is 0 Å². The van der Waals surface area contributed by atoms with E-state index in [1.807, 2.05) is 0 Å². The van der Waals surface area contributed by atoms with Crippen molar-refractivity contribution < 1.29 is 56.8 Å². The summed E-state index contributed by atoms with van der Waals surface area (Å²) in [6.45, 7) is 3.72. The van der Waals surface area contributed by atoms with Gasteiger partial charge in [-0.15, -0.1) is 0 Å². The molecule has 0 aromatic rings. The number of carbonyl (C=O) groups is 2. The molecule has 1 heterocycles. The number of carbonyl (C=O) groups excluding carboxylic acids is 2. The molecule has 0 saturated carbocycles. The molecule has 0 radical (unpaired) electrons. The highest BCUT2D eigenvalue weighted by molar-refractivity contribution is 7.85. The molecule has 2 unspecified atom stereocenters. The van der Waals surface area contributed by atoms with E-state index in [0.717, 1.165) is 44.9 Å². The van der Waals surface area contributed by atoms with E-state index in [2.05, 4.69) is 50.3 Å². The normalized spacial score (nSPS) is 20.4. The summed E-state index contributed by atoms with van der Waals surface area (Å²) in [7, 11) is -4.61. The lowest BCUT2D eigenvalue weighted by Gasteiger charge is -2.40. The van der Waals surface area contributed by atoms with Crippen LogP contribution in [0.3, 0.4) is 0 Å². The van der Waals surface area contributed by atoms with Crippen LogP contribution in [0, 0.1) is 0 Å². The number of esters is 2. The zero-order chi connectivity index (χ0) is 44.1. The maximum atomic E-state index is 12.8. The number of hydrogen-bond acceptors (Lipinski definition) is 11. The molecule has 1 fully saturated rings. The van der Waals surface area contributed by atoms with E-state index in [9.17, 15) is 37.9 Å². The number of rotatable bonds is 39. The predicted octanol–water partition coefficient (Wildman–Crippen LogP) is 9.78. The van der Waals surface area contributed by atoms with E-state index in [-0.39, 0.29) is 19.4 Å². The topological polar surface area (TPSA) is 186 Å². The SMILES string of the molecule is CCCCCC/C=C/CCCCCCCCCCCC(=O)OC[C@H](CO[C@H]1O[C@H](CS(=O)(=O)O)[C@@H](O)C(O)C1O)OC(=O)CCCC/C=C/C/C=C/CCCCCCCC. The summed E-state index contributed by atoms with van der Waals surface area (Å²) in [5, 5.41) is 30.9. The molecule has 0 aliphatic carbocycles. The fourth-order valence-electron chi connectivity index (χ4n) is 7.00. The Kier molecular flexibility index (Phi) is 34.9. The van der Waals surface area contributed by atoms with Crippen molar-refractivity contribution in [2.45, 2.75) is 230 Å². The Labute approximate surface area is 363 Å². The molecule has 4 N–H and O–H groups in total. The van der Waals surface area contributed by atoms with Gasteiger partial charge in [-0.1, -0.05) is 147 Å². The van der Waals surface area contributed by atoms with Gasteiger partial charge < -0.3 is 34.3 Å². The summed E-state index contributed by atoms with van der Waals surface area (Å²) in [4.78, 5) is 25.4. The Balaban J connectivity index is 2.45. The third kappa shape index (κ3) is 31.7. The molecule has 0 spiro atoms. The van der Waals surface area contributed by atoms with Gasteiger partial charge in [0.05, 0.1) is 6.61 Å². The first kappa shape index (κ1) is 55.9. The lowest BCUT2D eigenvalue weighted by Crippen LogP contribution is -2.60. The largest absolute Gasteiger partial charge is 0.462 e. The van der Waals surface area contributed by atoms with Gasteiger partial charge >= 0.3 is 11.9 Å². The third-order valence-electron chi connectivity index (χ3n) is 10.7. The van der Waals surface area contributed by atoms with Crippen molar-refractivity contribution in [1.82, 2.24) is 0 Å². The minimum atomic E-state index is -4.61. The van der Waals surface area contributed by atoms with Crippen LogP contribution in [0.15, 0.2) is 36.5 Å². The summed E-state index contributed by atoms with van der Waals surface area (Å²) in [6, 6.07) is 0. The Hall–Kier alpha value is -2.13. The second-order valence-corrected chi connectivity index (χ2v) is 17.9. The first-order chi connectivity index (χ1) is 29.0. The molecule has 1 saturated heterocycles. The molecule has 0 bridgehead atoms. The molecule has 1 aliphatic heterocycles. The molecular weight excluding hydrogens is 789 g/mol. The van der Waals surface area contributed by atoms with Gasteiger partial charge in [0.1, 0.15) is 36.8 Å². The standard InChI is InChI=1S/C47H84O12S/c1-3-5-7-9-11-13-15-17-19-20-22-23-25-27-29-31-33-35-42(48)56-37-40(38-57-47-46(52)45(51)44(50)41(59-47)39-60(53,54)55)58-43(49)36-34-32-30-28-26-24-21-18-16-14-12-10-8-6-4-2/h13,15,18,21,26,28,40-41,44-47,50-52H,3-12,14,16-17,19-20,22-25,27,29-39H2,1-2H3,(H,53,54,55)/b15-13+,21-18+,28-26+/t40-,41-,44-,45?,46?,47+/m1/s1. The van der Waals surface area contributed by atoms with Crippen LogP contribution in [0.4, 0.5) is 0 Å². The maximum absolute atomic E-state index is 12.8. The minimum Gasteiger partial charge on any atom is -0.462 e. The second-order valence-electron chi connectivity index (χ2n) is 16.4. The van der Waals surface area contributed by atoms with Crippen molar-refractivity contribution in [3.8, 4) is 0 Å². The smallest absolute Gasteiger partial charge is 0.306 e. The molecule has 0 amide bonds. The van der Waals surface area contributed by atoms with Gasteiger partial charge in [-0.2, -0.15) is 8.42 Å². The number of aliphatic hydroxyl groups excluding tert-OH is 3. The van der Waals surface area contributed by atoms with Gasteiger partial charge in [0.2, 0.25) is 0 Å². The minimum absolute atomic E-state index is 0.122.